The fourth-order valence-electron chi connectivity index (χ4n) is 3.39. The lowest BCUT2D eigenvalue weighted by atomic mass is 9.92. The van der Waals surface area contributed by atoms with Crippen LogP contribution in [0.2, 0.25) is 0 Å². The van der Waals surface area contributed by atoms with Crippen molar-refractivity contribution in [1.29, 1.82) is 0 Å². The van der Waals surface area contributed by atoms with Crippen LogP contribution in [-0.2, 0) is 6.42 Å². The van der Waals surface area contributed by atoms with Crippen molar-refractivity contribution >= 4 is 11.0 Å². The van der Waals surface area contributed by atoms with E-state index in [0.29, 0.717) is 36.1 Å². The SMILES string of the molecule is O=c1[nH]c(Cc2ccccc2)nc2c1cnn2C1CCC(F)(F)CC1. The molecule has 1 aromatic carbocycles. The predicted molar refractivity (Wildman–Crippen MR) is 89.8 cm³/mol. The molecule has 0 saturated heterocycles. The number of nitrogens with one attached hydrogen (secondary N) is 1. The Balaban J connectivity index is 1.68. The Bertz CT molecular complexity index is 939. The number of H-pyrrole nitrogens is 1. The minimum absolute atomic E-state index is 0.143. The van der Waals surface area contributed by atoms with Crippen LogP contribution in [0.25, 0.3) is 11.0 Å². The Morgan fingerprint density at radius 1 is 1.20 bits per heavy atom. The fraction of sp³-hybridized carbons (Fsp3) is 0.389. The maximum absolute atomic E-state index is 13.4. The molecule has 0 bridgehead atoms. The van der Waals surface area contributed by atoms with Gasteiger partial charge in [0, 0.05) is 19.3 Å². The van der Waals surface area contributed by atoms with Crippen LogP contribution >= 0.6 is 0 Å². The van der Waals surface area contributed by atoms with Crippen molar-refractivity contribution in [3.63, 3.8) is 0 Å². The van der Waals surface area contributed by atoms with Gasteiger partial charge in [0.2, 0.25) is 5.92 Å². The average molecular weight is 344 g/mol. The third-order valence-corrected chi connectivity index (χ3v) is 4.76. The maximum Gasteiger partial charge on any atom is 0.262 e. The second-order valence-electron chi connectivity index (χ2n) is 6.59. The molecule has 0 atom stereocenters. The molecule has 1 aliphatic carbocycles. The highest BCUT2D eigenvalue weighted by atomic mass is 19.3. The summed E-state index contributed by atoms with van der Waals surface area (Å²) in [5, 5.41) is 4.66. The Hall–Kier alpha value is -2.57. The van der Waals surface area contributed by atoms with Crippen molar-refractivity contribution in [3.8, 4) is 0 Å². The summed E-state index contributed by atoms with van der Waals surface area (Å²) in [5.41, 5.74) is 1.27. The van der Waals surface area contributed by atoms with E-state index in [9.17, 15) is 13.6 Å². The van der Waals surface area contributed by atoms with Gasteiger partial charge in [0.25, 0.3) is 5.56 Å². The minimum Gasteiger partial charge on any atom is -0.310 e. The van der Waals surface area contributed by atoms with Crippen molar-refractivity contribution in [1.82, 2.24) is 19.7 Å². The summed E-state index contributed by atoms with van der Waals surface area (Å²) in [4.78, 5) is 19.7. The summed E-state index contributed by atoms with van der Waals surface area (Å²) in [7, 11) is 0. The molecule has 1 saturated carbocycles. The Kier molecular flexibility index (Phi) is 3.86. The first-order valence-corrected chi connectivity index (χ1v) is 8.40. The van der Waals surface area contributed by atoms with Crippen molar-refractivity contribution in [2.24, 2.45) is 0 Å². The van der Waals surface area contributed by atoms with Gasteiger partial charge in [-0.05, 0) is 18.4 Å². The minimum atomic E-state index is -2.59. The van der Waals surface area contributed by atoms with E-state index in [4.69, 9.17) is 0 Å². The molecule has 0 amide bonds. The van der Waals surface area contributed by atoms with Gasteiger partial charge in [-0.1, -0.05) is 30.3 Å². The molecule has 1 N–H and O–H groups in total. The van der Waals surface area contributed by atoms with E-state index in [2.05, 4.69) is 15.1 Å². The zero-order valence-corrected chi connectivity index (χ0v) is 13.6. The van der Waals surface area contributed by atoms with Crippen LogP contribution in [0.4, 0.5) is 8.78 Å². The molecule has 2 heterocycles. The van der Waals surface area contributed by atoms with E-state index < -0.39 is 5.92 Å². The Labute approximate surface area is 142 Å². The van der Waals surface area contributed by atoms with E-state index >= 15 is 0 Å². The van der Waals surface area contributed by atoms with Gasteiger partial charge in [-0.2, -0.15) is 5.10 Å². The Morgan fingerprint density at radius 2 is 1.92 bits per heavy atom. The van der Waals surface area contributed by atoms with Gasteiger partial charge in [-0.3, -0.25) is 4.79 Å². The molecule has 5 nitrogen and oxygen atoms in total. The number of rotatable bonds is 3. The first kappa shape index (κ1) is 15.9. The number of aromatic amines is 1. The number of hydrogen-bond acceptors (Lipinski definition) is 3. The van der Waals surface area contributed by atoms with Crippen molar-refractivity contribution < 1.29 is 8.78 Å². The number of aromatic nitrogens is 4. The smallest absolute Gasteiger partial charge is 0.262 e. The molecule has 4 rings (SSSR count). The largest absolute Gasteiger partial charge is 0.310 e. The molecule has 1 aliphatic rings. The van der Waals surface area contributed by atoms with E-state index in [1.54, 1.807) is 4.68 Å². The monoisotopic (exact) mass is 344 g/mol. The second-order valence-corrected chi connectivity index (χ2v) is 6.59. The molecule has 0 radical (unpaired) electrons. The molecule has 3 aromatic rings. The third kappa shape index (κ3) is 3.18. The number of alkyl halides is 2. The standard InChI is InChI=1S/C18H18F2N4O/c19-18(20)8-6-13(7-9-18)24-16-14(11-21-24)17(25)23-15(22-16)10-12-4-2-1-3-5-12/h1-5,11,13H,6-10H2,(H,22,23,25). The van der Waals surface area contributed by atoms with Gasteiger partial charge in [0.15, 0.2) is 5.65 Å². The van der Waals surface area contributed by atoms with Gasteiger partial charge in [-0.25, -0.2) is 18.4 Å². The molecular weight excluding hydrogens is 326 g/mol. The molecular formula is C18H18F2N4O. The van der Waals surface area contributed by atoms with Crippen LogP contribution in [0, 0.1) is 0 Å². The molecule has 2 aromatic heterocycles. The number of halogens is 2. The number of benzene rings is 1. The normalized spacial score (nSPS) is 17.8. The van der Waals surface area contributed by atoms with Crippen LogP contribution < -0.4 is 5.56 Å². The van der Waals surface area contributed by atoms with Crippen LogP contribution in [0.1, 0.15) is 43.1 Å². The molecule has 25 heavy (non-hydrogen) atoms. The van der Waals surface area contributed by atoms with E-state index in [1.807, 2.05) is 30.3 Å². The average Bonchev–Trinajstić information content (AvgIpc) is 3.00. The van der Waals surface area contributed by atoms with Crippen molar-refractivity contribution in [2.75, 3.05) is 0 Å². The van der Waals surface area contributed by atoms with E-state index in [0.717, 1.165) is 5.56 Å². The lowest BCUT2D eigenvalue weighted by Crippen LogP contribution is -2.27. The number of nitrogens with zero attached hydrogens (tertiary/aromatic N) is 3. The zero-order chi connectivity index (χ0) is 17.4. The third-order valence-electron chi connectivity index (χ3n) is 4.76. The summed E-state index contributed by atoms with van der Waals surface area (Å²) in [6.07, 6.45) is 2.34. The highest BCUT2D eigenvalue weighted by Gasteiger charge is 2.36. The summed E-state index contributed by atoms with van der Waals surface area (Å²) >= 11 is 0. The Morgan fingerprint density at radius 3 is 2.64 bits per heavy atom. The molecule has 0 unspecified atom stereocenters. The van der Waals surface area contributed by atoms with E-state index in [1.165, 1.54) is 6.20 Å². The van der Waals surface area contributed by atoms with Gasteiger partial charge < -0.3 is 4.98 Å². The van der Waals surface area contributed by atoms with E-state index in [-0.39, 0.29) is 24.4 Å². The topological polar surface area (TPSA) is 63.6 Å². The highest BCUT2D eigenvalue weighted by molar-refractivity contribution is 5.73. The van der Waals surface area contributed by atoms with Crippen LogP contribution in [0.15, 0.2) is 41.3 Å². The molecule has 1 fully saturated rings. The summed E-state index contributed by atoms with van der Waals surface area (Å²) < 4.78 is 28.5. The highest BCUT2D eigenvalue weighted by Crippen LogP contribution is 2.38. The van der Waals surface area contributed by atoms with Gasteiger partial charge in [0.1, 0.15) is 11.2 Å². The van der Waals surface area contributed by atoms with Crippen LogP contribution in [-0.4, -0.2) is 25.7 Å². The number of fused-ring (bicyclic) bond motifs is 1. The molecule has 7 heteroatoms. The first-order chi connectivity index (χ1) is 12.0. The number of hydrogen-bond donors (Lipinski definition) is 1. The fourth-order valence-corrected chi connectivity index (χ4v) is 3.39. The molecule has 0 aliphatic heterocycles. The summed E-state index contributed by atoms with van der Waals surface area (Å²) in [6.45, 7) is 0. The first-order valence-electron chi connectivity index (χ1n) is 8.40. The quantitative estimate of drug-likeness (QED) is 0.791. The van der Waals surface area contributed by atoms with Crippen molar-refractivity contribution in [2.45, 2.75) is 44.1 Å². The lowest BCUT2D eigenvalue weighted by molar-refractivity contribution is -0.0446. The van der Waals surface area contributed by atoms with Gasteiger partial charge >= 0.3 is 0 Å². The molecule has 0 spiro atoms. The summed E-state index contributed by atoms with van der Waals surface area (Å²) in [5.74, 6) is -2.05. The zero-order valence-electron chi connectivity index (χ0n) is 13.6. The van der Waals surface area contributed by atoms with Crippen molar-refractivity contribution in [3.05, 3.63) is 58.3 Å². The summed E-state index contributed by atoms with van der Waals surface area (Å²) in [6, 6.07) is 9.57. The predicted octanol–water partition coefficient (Wildman–Crippen LogP) is 3.46. The maximum atomic E-state index is 13.4. The van der Waals surface area contributed by atoms with Crippen LogP contribution in [0.5, 0.6) is 0 Å². The van der Waals surface area contributed by atoms with Gasteiger partial charge in [-0.15, -0.1) is 0 Å². The lowest BCUT2D eigenvalue weighted by Gasteiger charge is -2.28. The molecule has 130 valence electrons. The van der Waals surface area contributed by atoms with Crippen LogP contribution in [0.3, 0.4) is 0 Å². The van der Waals surface area contributed by atoms with Gasteiger partial charge in [0.05, 0.1) is 12.2 Å². The second kappa shape index (κ2) is 6.06.